The molecule has 5 aromatic rings. The fourth-order valence-corrected chi connectivity index (χ4v) is 3.60. The molecule has 0 saturated heterocycles. The quantitative estimate of drug-likeness (QED) is 0.488. The third-order valence-electron chi connectivity index (χ3n) is 4.95. The first-order valence-electron chi connectivity index (χ1n) is 9.04. The predicted molar refractivity (Wildman–Crippen MR) is 110 cm³/mol. The molecular formula is C21H13N7O2. The highest BCUT2D eigenvalue weighted by Gasteiger charge is 2.20. The Morgan fingerprint density at radius 2 is 1.90 bits per heavy atom. The summed E-state index contributed by atoms with van der Waals surface area (Å²) in [7, 11) is 0. The van der Waals surface area contributed by atoms with Crippen LogP contribution in [-0.2, 0) is 0 Å². The van der Waals surface area contributed by atoms with Gasteiger partial charge in [0.25, 0.3) is 5.56 Å². The lowest BCUT2D eigenvalue weighted by molar-refractivity contribution is 0.763. The van der Waals surface area contributed by atoms with Crippen molar-refractivity contribution in [1.29, 1.82) is 5.26 Å². The second kappa shape index (κ2) is 6.49. The number of nitrogens with zero attached hydrogens (tertiary/aromatic N) is 6. The topological polar surface area (TPSA) is 122 Å². The summed E-state index contributed by atoms with van der Waals surface area (Å²) in [6.45, 7) is 1.60. The summed E-state index contributed by atoms with van der Waals surface area (Å²) >= 11 is 0. The first-order chi connectivity index (χ1) is 14.6. The van der Waals surface area contributed by atoms with Crippen LogP contribution in [0.25, 0.3) is 33.2 Å². The lowest BCUT2D eigenvalue weighted by Gasteiger charge is -2.12. The summed E-state index contributed by atoms with van der Waals surface area (Å²) in [5, 5.41) is 19.1. The van der Waals surface area contributed by atoms with E-state index < -0.39 is 11.2 Å². The summed E-state index contributed by atoms with van der Waals surface area (Å²) < 4.78 is 2.33. The molecular weight excluding hydrogens is 382 g/mol. The largest absolute Gasteiger partial charge is 0.333 e. The average Bonchev–Trinajstić information content (AvgIpc) is 3.17. The van der Waals surface area contributed by atoms with Crippen molar-refractivity contribution in [2.75, 3.05) is 0 Å². The minimum atomic E-state index is -0.593. The number of aromatic nitrogens is 6. The number of para-hydroxylation sites is 1. The molecule has 0 radical (unpaired) electrons. The molecule has 0 amide bonds. The molecule has 0 aliphatic heterocycles. The molecule has 0 aliphatic rings. The number of nitrogens with one attached hydrogen (secondary N) is 1. The number of nitriles is 1. The van der Waals surface area contributed by atoms with E-state index in [-0.39, 0.29) is 5.69 Å². The first-order valence-corrected chi connectivity index (χ1v) is 9.04. The molecule has 0 bridgehead atoms. The van der Waals surface area contributed by atoms with E-state index >= 15 is 0 Å². The highest BCUT2D eigenvalue weighted by atomic mass is 16.2. The van der Waals surface area contributed by atoms with Crippen LogP contribution in [0.5, 0.6) is 0 Å². The Morgan fingerprint density at radius 3 is 2.73 bits per heavy atom. The predicted octanol–water partition coefficient (Wildman–Crippen LogP) is 1.99. The molecule has 2 aromatic carbocycles. The van der Waals surface area contributed by atoms with Crippen molar-refractivity contribution in [2.45, 2.75) is 6.92 Å². The van der Waals surface area contributed by atoms with Crippen LogP contribution in [0.15, 0.2) is 64.4 Å². The van der Waals surface area contributed by atoms with Crippen LogP contribution in [-0.4, -0.2) is 29.5 Å². The van der Waals surface area contributed by atoms with E-state index in [9.17, 15) is 14.9 Å². The van der Waals surface area contributed by atoms with E-state index in [0.29, 0.717) is 33.4 Å². The molecule has 3 aromatic heterocycles. The minimum absolute atomic E-state index is 0.104. The Kier molecular flexibility index (Phi) is 3.79. The highest BCUT2D eigenvalue weighted by molar-refractivity contribution is 5.89. The van der Waals surface area contributed by atoms with Gasteiger partial charge in [0.1, 0.15) is 17.1 Å². The number of fused-ring (bicyclic) bond motifs is 2. The van der Waals surface area contributed by atoms with Gasteiger partial charge in [-0.15, -0.1) is 5.10 Å². The summed E-state index contributed by atoms with van der Waals surface area (Å²) in [6.07, 6.45) is 3.13. The zero-order valence-electron chi connectivity index (χ0n) is 15.7. The third-order valence-corrected chi connectivity index (χ3v) is 4.95. The number of H-pyrrole nitrogens is 1. The molecule has 144 valence electrons. The van der Waals surface area contributed by atoms with E-state index in [1.54, 1.807) is 31.3 Å². The van der Waals surface area contributed by atoms with E-state index in [0.717, 1.165) is 9.95 Å². The fourth-order valence-electron chi connectivity index (χ4n) is 3.60. The lowest BCUT2D eigenvalue weighted by atomic mass is 10.1. The molecule has 0 saturated carbocycles. The van der Waals surface area contributed by atoms with Crippen LogP contribution in [0.1, 0.15) is 11.3 Å². The number of benzene rings is 2. The zero-order chi connectivity index (χ0) is 20.8. The van der Waals surface area contributed by atoms with Gasteiger partial charge in [0.05, 0.1) is 17.4 Å². The summed E-state index contributed by atoms with van der Waals surface area (Å²) in [6, 6.07) is 14.5. The molecule has 9 nitrogen and oxygen atoms in total. The van der Waals surface area contributed by atoms with Gasteiger partial charge >= 0.3 is 5.69 Å². The van der Waals surface area contributed by atoms with Gasteiger partial charge in [-0.25, -0.2) is 14.0 Å². The Bertz CT molecular complexity index is 1610. The number of aromatic amines is 1. The standard InChI is InChI=1S/C21H13N7O2/c1-12-18(28-19-13(9-22)6-4-8-16(19)25-26-28)20(29)27(21(30)24-12)17-11-23-10-14-5-2-3-7-15(14)17/h2-8,10-11H,1H3,(H,24,30). The minimum Gasteiger partial charge on any atom is -0.309 e. The van der Waals surface area contributed by atoms with Gasteiger partial charge in [-0.1, -0.05) is 35.5 Å². The number of pyridine rings is 1. The first kappa shape index (κ1) is 17.5. The second-order valence-corrected chi connectivity index (χ2v) is 6.71. The number of hydrogen-bond donors (Lipinski definition) is 1. The molecule has 3 heterocycles. The number of aryl methyl sites for hydroxylation is 1. The van der Waals surface area contributed by atoms with Crippen molar-refractivity contribution in [3.8, 4) is 17.4 Å². The zero-order valence-corrected chi connectivity index (χ0v) is 15.7. The van der Waals surface area contributed by atoms with Crippen molar-refractivity contribution in [3.05, 3.63) is 87.0 Å². The maximum absolute atomic E-state index is 13.5. The van der Waals surface area contributed by atoms with Crippen LogP contribution in [0, 0.1) is 18.3 Å². The Labute approximate surface area is 168 Å². The van der Waals surface area contributed by atoms with Crippen molar-refractivity contribution in [1.82, 2.24) is 29.5 Å². The molecule has 0 unspecified atom stereocenters. The van der Waals surface area contributed by atoms with Crippen molar-refractivity contribution >= 4 is 21.8 Å². The SMILES string of the molecule is Cc1[nH]c(=O)n(-c2cncc3ccccc23)c(=O)c1-n1nnc2cccc(C#N)c21. The average molecular weight is 395 g/mol. The molecule has 0 spiro atoms. The maximum atomic E-state index is 13.5. The van der Waals surface area contributed by atoms with E-state index in [1.807, 2.05) is 24.3 Å². The van der Waals surface area contributed by atoms with Crippen molar-refractivity contribution < 1.29 is 0 Å². The lowest BCUT2D eigenvalue weighted by Crippen LogP contribution is -2.37. The number of rotatable bonds is 2. The van der Waals surface area contributed by atoms with Gasteiger partial charge in [-0.3, -0.25) is 9.78 Å². The van der Waals surface area contributed by atoms with E-state index in [1.165, 1.54) is 10.9 Å². The molecule has 9 heteroatoms. The smallest absolute Gasteiger partial charge is 0.309 e. The summed E-state index contributed by atoms with van der Waals surface area (Å²) in [5.74, 6) is 0. The van der Waals surface area contributed by atoms with Crippen LogP contribution in [0.4, 0.5) is 0 Å². The Morgan fingerprint density at radius 1 is 1.07 bits per heavy atom. The van der Waals surface area contributed by atoms with Gasteiger partial charge in [0.15, 0.2) is 5.69 Å². The van der Waals surface area contributed by atoms with E-state index in [2.05, 4.69) is 26.3 Å². The monoisotopic (exact) mass is 395 g/mol. The number of hydrogen-bond acceptors (Lipinski definition) is 6. The van der Waals surface area contributed by atoms with Crippen LogP contribution in [0.3, 0.4) is 0 Å². The van der Waals surface area contributed by atoms with Gasteiger partial charge in [-0.2, -0.15) is 5.26 Å². The van der Waals surface area contributed by atoms with Crippen LogP contribution in [0.2, 0.25) is 0 Å². The third kappa shape index (κ3) is 2.44. The fraction of sp³-hybridized carbons (Fsp3) is 0.0476. The summed E-state index contributed by atoms with van der Waals surface area (Å²) in [5.41, 5.74) is 0.777. The molecule has 0 fully saturated rings. The molecule has 5 rings (SSSR count). The van der Waals surface area contributed by atoms with Gasteiger partial charge in [0.2, 0.25) is 0 Å². The normalized spacial score (nSPS) is 11.1. The molecule has 1 N–H and O–H groups in total. The Balaban J connectivity index is 1.89. The van der Waals surface area contributed by atoms with Gasteiger partial charge < -0.3 is 4.98 Å². The highest BCUT2D eigenvalue weighted by Crippen LogP contribution is 2.21. The molecule has 0 aliphatic carbocycles. The van der Waals surface area contributed by atoms with Crippen LogP contribution < -0.4 is 11.2 Å². The summed E-state index contributed by atoms with van der Waals surface area (Å²) in [4.78, 5) is 33.2. The second-order valence-electron chi connectivity index (χ2n) is 6.71. The Hall–Kier alpha value is -4.58. The van der Waals surface area contributed by atoms with Crippen molar-refractivity contribution in [3.63, 3.8) is 0 Å². The molecule has 30 heavy (non-hydrogen) atoms. The van der Waals surface area contributed by atoms with Crippen molar-refractivity contribution in [2.24, 2.45) is 0 Å². The van der Waals surface area contributed by atoms with Gasteiger partial charge in [-0.05, 0) is 19.1 Å². The van der Waals surface area contributed by atoms with Crippen LogP contribution >= 0.6 is 0 Å². The maximum Gasteiger partial charge on any atom is 0.333 e. The molecule has 0 atom stereocenters. The van der Waals surface area contributed by atoms with E-state index in [4.69, 9.17) is 0 Å². The van der Waals surface area contributed by atoms with Gasteiger partial charge in [0, 0.05) is 22.7 Å².